The van der Waals surface area contributed by atoms with Crippen LogP contribution in [0.25, 0.3) is 5.69 Å². The number of benzene rings is 1. The highest BCUT2D eigenvalue weighted by molar-refractivity contribution is 5.64. The van der Waals surface area contributed by atoms with Crippen LogP contribution in [0.4, 0.5) is 5.69 Å². The predicted molar refractivity (Wildman–Crippen MR) is 89.4 cm³/mol. The van der Waals surface area contributed by atoms with Crippen molar-refractivity contribution in [2.75, 3.05) is 32.1 Å². The molecule has 3 heteroatoms. The average Bonchev–Trinajstić information content (AvgIpc) is 3.01. The van der Waals surface area contributed by atoms with Gasteiger partial charge in [-0.05, 0) is 63.7 Å². The summed E-state index contributed by atoms with van der Waals surface area (Å²) < 4.78 is 2.22. The number of rotatable bonds is 3. The fraction of sp³-hybridized carbons (Fsp3) is 0.444. The van der Waals surface area contributed by atoms with E-state index in [1.165, 1.54) is 29.8 Å². The van der Waals surface area contributed by atoms with E-state index >= 15 is 0 Å². The van der Waals surface area contributed by atoms with Crippen molar-refractivity contribution in [3.05, 3.63) is 48.3 Å². The molecule has 0 N–H and O–H groups in total. The zero-order valence-corrected chi connectivity index (χ0v) is 13.3. The van der Waals surface area contributed by atoms with Gasteiger partial charge in [0.25, 0.3) is 0 Å². The van der Waals surface area contributed by atoms with Crippen LogP contribution in [0.15, 0.2) is 42.7 Å². The van der Waals surface area contributed by atoms with E-state index < -0.39 is 0 Å². The maximum Gasteiger partial charge on any atom is 0.0687 e. The van der Waals surface area contributed by atoms with Gasteiger partial charge < -0.3 is 14.4 Å². The van der Waals surface area contributed by atoms with Crippen LogP contribution in [0, 0.1) is 6.92 Å². The van der Waals surface area contributed by atoms with Gasteiger partial charge in [0.15, 0.2) is 0 Å². The van der Waals surface area contributed by atoms with Crippen LogP contribution >= 0.6 is 0 Å². The molecule has 0 atom stereocenters. The Kier molecular flexibility index (Phi) is 4.02. The van der Waals surface area contributed by atoms with Gasteiger partial charge in [-0.2, -0.15) is 0 Å². The molecule has 1 aromatic heterocycles. The summed E-state index contributed by atoms with van der Waals surface area (Å²) in [5.41, 5.74) is 3.96. The molecule has 21 heavy (non-hydrogen) atoms. The highest BCUT2D eigenvalue weighted by atomic mass is 15.2. The van der Waals surface area contributed by atoms with Crippen LogP contribution < -0.4 is 4.90 Å². The minimum absolute atomic E-state index is 0.724. The molecule has 2 aromatic rings. The van der Waals surface area contributed by atoms with E-state index in [0.717, 1.165) is 19.1 Å². The third kappa shape index (κ3) is 2.98. The molecule has 0 bridgehead atoms. The molecule has 1 aliphatic heterocycles. The first kappa shape index (κ1) is 14.2. The van der Waals surface area contributed by atoms with Gasteiger partial charge in [0.1, 0.15) is 0 Å². The number of anilines is 1. The number of hydrogen-bond acceptors (Lipinski definition) is 2. The molecule has 3 rings (SSSR count). The van der Waals surface area contributed by atoms with E-state index in [0.29, 0.717) is 0 Å². The Morgan fingerprint density at radius 3 is 2.29 bits per heavy atom. The van der Waals surface area contributed by atoms with Crippen molar-refractivity contribution in [2.45, 2.75) is 25.8 Å². The number of hydrogen-bond donors (Lipinski definition) is 0. The van der Waals surface area contributed by atoms with E-state index in [1.54, 1.807) is 0 Å². The molecule has 1 fully saturated rings. The summed E-state index contributed by atoms with van der Waals surface area (Å²) in [5.74, 6) is 0. The standard InChI is InChI=1S/C18H25N3/c1-15-6-7-17(18(14-15)20-10-4-5-11-20)21-12-8-16(9-13-21)19(2)3/h4-7,10-11,14,16H,8-9,12-13H2,1-3H3. The summed E-state index contributed by atoms with van der Waals surface area (Å²) in [6, 6.07) is 11.7. The highest BCUT2D eigenvalue weighted by Crippen LogP contribution is 2.29. The molecule has 112 valence electrons. The molecule has 1 aromatic carbocycles. The molecule has 0 amide bonds. The third-order valence-electron chi connectivity index (χ3n) is 4.55. The van der Waals surface area contributed by atoms with E-state index in [-0.39, 0.29) is 0 Å². The lowest BCUT2D eigenvalue weighted by Crippen LogP contribution is -2.42. The molecule has 2 heterocycles. The molecule has 0 unspecified atom stereocenters. The topological polar surface area (TPSA) is 11.4 Å². The lowest BCUT2D eigenvalue weighted by Gasteiger charge is -2.37. The Balaban J connectivity index is 1.86. The zero-order chi connectivity index (χ0) is 14.8. The van der Waals surface area contributed by atoms with Crippen molar-refractivity contribution in [2.24, 2.45) is 0 Å². The summed E-state index contributed by atoms with van der Waals surface area (Å²) in [6.45, 7) is 4.44. The second-order valence-electron chi connectivity index (χ2n) is 6.26. The van der Waals surface area contributed by atoms with E-state index in [4.69, 9.17) is 0 Å². The van der Waals surface area contributed by atoms with Crippen molar-refractivity contribution in [1.82, 2.24) is 9.47 Å². The Bertz CT molecular complexity index is 579. The van der Waals surface area contributed by atoms with Gasteiger partial charge in [0.2, 0.25) is 0 Å². The SMILES string of the molecule is Cc1ccc(N2CCC(N(C)C)CC2)c(-n2cccc2)c1. The van der Waals surface area contributed by atoms with Crippen molar-refractivity contribution < 1.29 is 0 Å². The van der Waals surface area contributed by atoms with Gasteiger partial charge in [-0.25, -0.2) is 0 Å². The monoisotopic (exact) mass is 283 g/mol. The molecule has 0 radical (unpaired) electrons. The Morgan fingerprint density at radius 1 is 1.00 bits per heavy atom. The molecule has 1 aliphatic rings. The predicted octanol–water partition coefficient (Wildman–Crippen LogP) is 3.32. The van der Waals surface area contributed by atoms with Gasteiger partial charge in [-0.3, -0.25) is 0 Å². The largest absolute Gasteiger partial charge is 0.370 e. The minimum atomic E-state index is 0.724. The lowest BCUT2D eigenvalue weighted by atomic mass is 10.0. The van der Waals surface area contributed by atoms with Crippen LogP contribution in [-0.4, -0.2) is 42.7 Å². The molecule has 0 saturated carbocycles. The Labute approximate surface area is 127 Å². The van der Waals surface area contributed by atoms with Crippen molar-refractivity contribution in [3.8, 4) is 5.69 Å². The van der Waals surface area contributed by atoms with Crippen LogP contribution in [0.1, 0.15) is 18.4 Å². The Morgan fingerprint density at radius 2 is 1.67 bits per heavy atom. The van der Waals surface area contributed by atoms with Gasteiger partial charge in [-0.15, -0.1) is 0 Å². The molecule has 0 aliphatic carbocycles. The second-order valence-corrected chi connectivity index (χ2v) is 6.26. The summed E-state index contributed by atoms with van der Waals surface area (Å²) in [4.78, 5) is 4.90. The highest BCUT2D eigenvalue weighted by Gasteiger charge is 2.22. The van der Waals surface area contributed by atoms with Gasteiger partial charge >= 0.3 is 0 Å². The molecule has 0 spiro atoms. The third-order valence-corrected chi connectivity index (χ3v) is 4.55. The minimum Gasteiger partial charge on any atom is -0.370 e. The molecular formula is C18H25N3. The molecule has 3 nitrogen and oxygen atoms in total. The number of nitrogens with zero attached hydrogens (tertiary/aromatic N) is 3. The summed E-state index contributed by atoms with van der Waals surface area (Å²) in [6.07, 6.45) is 6.74. The first-order valence-corrected chi connectivity index (χ1v) is 7.80. The van der Waals surface area contributed by atoms with E-state index in [1.807, 2.05) is 0 Å². The number of aromatic nitrogens is 1. The maximum atomic E-state index is 2.54. The number of piperidine rings is 1. The first-order valence-electron chi connectivity index (χ1n) is 7.80. The fourth-order valence-electron chi connectivity index (χ4n) is 3.23. The average molecular weight is 283 g/mol. The number of aryl methyl sites for hydroxylation is 1. The zero-order valence-electron chi connectivity index (χ0n) is 13.3. The fourth-order valence-corrected chi connectivity index (χ4v) is 3.23. The maximum absolute atomic E-state index is 2.54. The smallest absolute Gasteiger partial charge is 0.0687 e. The molecular weight excluding hydrogens is 258 g/mol. The van der Waals surface area contributed by atoms with Crippen LogP contribution in [0.2, 0.25) is 0 Å². The van der Waals surface area contributed by atoms with Crippen molar-refractivity contribution in [3.63, 3.8) is 0 Å². The van der Waals surface area contributed by atoms with E-state index in [2.05, 4.69) is 78.1 Å². The summed E-state index contributed by atoms with van der Waals surface area (Å²) >= 11 is 0. The summed E-state index contributed by atoms with van der Waals surface area (Å²) in [5, 5.41) is 0. The van der Waals surface area contributed by atoms with Crippen LogP contribution in [0.5, 0.6) is 0 Å². The van der Waals surface area contributed by atoms with Gasteiger partial charge in [-0.1, -0.05) is 6.07 Å². The van der Waals surface area contributed by atoms with Crippen molar-refractivity contribution in [1.29, 1.82) is 0 Å². The quantitative estimate of drug-likeness (QED) is 0.856. The van der Waals surface area contributed by atoms with Crippen molar-refractivity contribution >= 4 is 5.69 Å². The second kappa shape index (κ2) is 5.94. The van der Waals surface area contributed by atoms with E-state index in [9.17, 15) is 0 Å². The van der Waals surface area contributed by atoms with Gasteiger partial charge in [0.05, 0.1) is 11.4 Å². The molecule has 1 saturated heterocycles. The summed E-state index contributed by atoms with van der Waals surface area (Å²) in [7, 11) is 4.38. The van der Waals surface area contributed by atoms with Crippen LogP contribution in [0.3, 0.4) is 0 Å². The normalized spacial score (nSPS) is 16.7. The van der Waals surface area contributed by atoms with Gasteiger partial charge in [0, 0.05) is 31.5 Å². The lowest BCUT2D eigenvalue weighted by molar-refractivity contribution is 0.249. The van der Waals surface area contributed by atoms with Crippen LogP contribution in [-0.2, 0) is 0 Å². The Hall–Kier alpha value is -1.74. The first-order chi connectivity index (χ1) is 10.1.